The van der Waals surface area contributed by atoms with Gasteiger partial charge in [-0.15, -0.1) is 23.1 Å². The van der Waals surface area contributed by atoms with E-state index in [1.807, 2.05) is 5.38 Å². The highest BCUT2D eigenvalue weighted by Crippen LogP contribution is 2.34. The minimum absolute atomic E-state index is 0.594. The molecule has 130 valence electrons. The summed E-state index contributed by atoms with van der Waals surface area (Å²) in [6.07, 6.45) is -4.33. The van der Waals surface area contributed by atoms with Gasteiger partial charge >= 0.3 is 6.18 Å². The number of alkyl halides is 3. The highest BCUT2D eigenvalue weighted by Gasteiger charge is 2.30. The summed E-state index contributed by atoms with van der Waals surface area (Å²) in [5.74, 6) is 0.594. The fourth-order valence-electron chi connectivity index (χ4n) is 2.05. The zero-order valence-corrected chi connectivity index (χ0v) is 15.6. The van der Waals surface area contributed by atoms with Gasteiger partial charge in [-0.3, -0.25) is 0 Å². The average Bonchev–Trinajstić information content (AvgIpc) is 3.04. The molecule has 1 nitrogen and oxygen atoms in total. The molecule has 2 aromatic carbocycles. The first-order valence-corrected chi connectivity index (χ1v) is 9.65. The standard InChI is InChI=1S/C17H10Cl2F3NS2/c18-12-5-6-14(19)15(7-12)24-8-13-9-25-16(23-13)10-1-3-11(4-2-10)17(20,21)22/h1-7,9H,8H2. The van der Waals surface area contributed by atoms with E-state index in [1.165, 1.54) is 35.2 Å². The van der Waals surface area contributed by atoms with Crippen molar-refractivity contribution in [3.05, 3.63) is 69.1 Å². The van der Waals surface area contributed by atoms with Crippen molar-refractivity contribution >= 4 is 46.3 Å². The van der Waals surface area contributed by atoms with Crippen LogP contribution in [0.4, 0.5) is 13.2 Å². The Balaban J connectivity index is 1.71. The van der Waals surface area contributed by atoms with E-state index < -0.39 is 11.7 Å². The van der Waals surface area contributed by atoms with Gasteiger partial charge in [-0.2, -0.15) is 13.2 Å². The third-order valence-corrected chi connectivity index (χ3v) is 5.99. The third kappa shape index (κ3) is 4.70. The smallest absolute Gasteiger partial charge is 0.240 e. The van der Waals surface area contributed by atoms with Crippen LogP contribution in [-0.4, -0.2) is 4.98 Å². The Morgan fingerprint density at radius 1 is 1.04 bits per heavy atom. The summed E-state index contributed by atoms with van der Waals surface area (Å²) in [6, 6.07) is 10.3. The maximum atomic E-state index is 12.6. The number of thiazole rings is 1. The Morgan fingerprint density at radius 2 is 1.76 bits per heavy atom. The monoisotopic (exact) mass is 419 g/mol. The van der Waals surface area contributed by atoms with E-state index in [9.17, 15) is 13.2 Å². The number of rotatable bonds is 4. The lowest BCUT2D eigenvalue weighted by atomic mass is 10.1. The molecule has 0 spiro atoms. The second-order valence-corrected chi connectivity index (χ2v) is 7.80. The highest BCUT2D eigenvalue weighted by molar-refractivity contribution is 7.98. The summed E-state index contributed by atoms with van der Waals surface area (Å²) in [5, 5.41) is 3.79. The topological polar surface area (TPSA) is 12.9 Å². The molecule has 1 aromatic heterocycles. The molecule has 0 saturated carbocycles. The van der Waals surface area contributed by atoms with Crippen LogP contribution in [0.2, 0.25) is 10.0 Å². The van der Waals surface area contributed by atoms with Crippen molar-refractivity contribution in [1.82, 2.24) is 4.98 Å². The lowest BCUT2D eigenvalue weighted by Gasteiger charge is -2.06. The second kappa shape index (κ2) is 7.58. The van der Waals surface area contributed by atoms with Gasteiger partial charge in [0.1, 0.15) is 5.01 Å². The number of thioether (sulfide) groups is 1. The molecule has 8 heteroatoms. The molecule has 0 fully saturated rings. The number of aromatic nitrogens is 1. The van der Waals surface area contributed by atoms with Crippen molar-refractivity contribution in [3.63, 3.8) is 0 Å². The summed E-state index contributed by atoms with van der Waals surface area (Å²) in [7, 11) is 0. The SMILES string of the molecule is FC(F)(F)c1ccc(-c2nc(CSc3cc(Cl)ccc3Cl)cs2)cc1. The number of nitrogens with zero attached hydrogens (tertiary/aromatic N) is 1. The van der Waals surface area contributed by atoms with Crippen LogP contribution in [0, 0.1) is 0 Å². The Bertz CT molecular complexity index is 876. The molecule has 0 saturated heterocycles. The van der Waals surface area contributed by atoms with Crippen LogP contribution in [0.15, 0.2) is 52.7 Å². The van der Waals surface area contributed by atoms with Crippen LogP contribution in [0.1, 0.15) is 11.3 Å². The molecule has 0 amide bonds. The first-order chi connectivity index (χ1) is 11.8. The van der Waals surface area contributed by atoms with Gasteiger partial charge < -0.3 is 0 Å². The van der Waals surface area contributed by atoms with Gasteiger partial charge in [0.05, 0.1) is 16.3 Å². The Hall–Kier alpha value is -1.21. The van der Waals surface area contributed by atoms with E-state index in [0.717, 1.165) is 22.7 Å². The second-order valence-electron chi connectivity index (χ2n) is 5.08. The van der Waals surface area contributed by atoms with Gasteiger partial charge in [0.15, 0.2) is 0 Å². The minimum Gasteiger partial charge on any atom is -0.240 e. The van der Waals surface area contributed by atoms with E-state index in [0.29, 0.717) is 26.4 Å². The van der Waals surface area contributed by atoms with Crippen LogP contribution in [-0.2, 0) is 11.9 Å². The molecule has 0 bridgehead atoms. The van der Waals surface area contributed by atoms with Gasteiger partial charge in [0.25, 0.3) is 0 Å². The molecule has 0 aliphatic heterocycles. The molecule has 0 N–H and O–H groups in total. The number of benzene rings is 2. The molecule has 0 aliphatic rings. The first-order valence-electron chi connectivity index (χ1n) is 7.03. The minimum atomic E-state index is -4.33. The van der Waals surface area contributed by atoms with E-state index >= 15 is 0 Å². The number of hydrogen-bond donors (Lipinski definition) is 0. The lowest BCUT2D eigenvalue weighted by Crippen LogP contribution is -2.03. The molecule has 0 aliphatic carbocycles. The molecule has 0 atom stereocenters. The van der Waals surface area contributed by atoms with Crippen LogP contribution in [0.5, 0.6) is 0 Å². The molecule has 3 rings (SSSR count). The van der Waals surface area contributed by atoms with Crippen molar-refractivity contribution < 1.29 is 13.2 Å². The Kier molecular flexibility index (Phi) is 5.63. The zero-order valence-electron chi connectivity index (χ0n) is 12.5. The maximum absolute atomic E-state index is 12.6. The van der Waals surface area contributed by atoms with Crippen LogP contribution >= 0.6 is 46.3 Å². The Labute approximate surface area is 160 Å². The predicted molar refractivity (Wildman–Crippen MR) is 98.6 cm³/mol. The molecule has 0 radical (unpaired) electrons. The van der Waals surface area contributed by atoms with Gasteiger partial charge in [-0.25, -0.2) is 4.98 Å². The van der Waals surface area contributed by atoms with Crippen molar-refractivity contribution in [3.8, 4) is 10.6 Å². The van der Waals surface area contributed by atoms with Crippen molar-refractivity contribution in [1.29, 1.82) is 0 Å². The first kappa shape index (κ1) is 18.6. The van der Waals surface area contributed by atoms with Gasteiger partial charge in [0.2, 0.25) is 0 Å². The summed E-state index contributed by atoms with van der Waals surface area (Å²) >= 11 is 15.0. The van der Waals surface area contributed by atoms with Gasteiger partial charge in [0, 0.05) is 26.6 Å². The average molecular weight is 420 g/mol. The molecule has 0 unspecified atom stereocenters. The van der Waals surface area contributed by atoms with Crippen LogP contribution in [0.25, 0.3) is 10.6 Å². The van der Waals surface area contributed by atoms with Crippen LogP contribution in [0.3, 0.4) is 0 Å². The Morgan fingerprint density at radius 3 is 2.44 bits per heavy atom. The predicted octanol–water partition coefficient (Wildman–Crippen LogP) is 7.43. The summed E-state index contributed by atoms with van der Waals surface area (Å²) in [5.41, 5.74) is 0.829. The maximum Gasteiger partial charge on any atom is 0.416 e. The number of halogens is 5. The lowest BCUT2D eigenvalue weighted by molar-refractivity contribution is -0.137. The van der Waals surface area contributed by atoms with Crippen molar-refractivity contribution in [2.45, 2.75) is 16.8 Å². The van der Waals surface area contributed by atoms with Crippen LogP contribution < -0.4 is 0 Å². The molecular weight excluding hydrogens is 410 g/mol. The normalized spacial score (nSPS) is 11.7. The largest absolute Gasteiger partial charge is 0.416 e. The third-order valence-electron chi connectivity index (χ3n) is 3.28. The molecular formula is C17H10Cl2F3NS2. The fraction of sp³-hybridized carbons (Fsp3) is 0.118. The number of hydrogen-bond acceptors (Lipinski definition) is 3. The van der Waals surface area contributed by atoms with E-state index in [4.69, 9.17) is 23.2 Å². The zero-order chi connectivity index (χ0) is 18.0. The van der Waals surface area contributed by atoms with E-state index in [1.54, 1.807) is 18.2 Å². The molecule has 3 aromatic rings. The van der Waals surface area contributed by atoms with E-state index in [2.05, 4.69) is 4.98 Å². The fourth-order valence-corrected chi connectivity index (χ4v) is 4.36. The molecule has 25 heavy (non-hydrogen) atoms. The van der Waals surface area contributed by atoms with Gasteiger partial charge in [-0.1, -0.05) is 35.3 Å². The molecule has 1 heterocycles. The quantitative estimate of drug-likeness (QED) is 0.407. The summed E-state index contributed by atoms with van der Waals surface area (Å²) in [4.78, 5) is 5.34. The van der Waals surface area contributed by atoms with Crippen molar-refractivity contribution in [2.24, 2.45) is 0 Å². The highest BCUT2D eigenvalue weighted by atomic mass is 35.5. The van der Waals surface area contributed by atoms with Crippen molar-refractivity contribution in [2.75, 3.05) is 0 Å². The van der Waals surface area contributed by atoms with E-state index in [-0.39, 0.29) is 0 Å². The summed E-state index contributed by atoms with van der Waals surface area (Å²) in [6.45, 7) is 0. The van der Waals surface area contributed by atoms with Gasteiger partial charge in [-0.05, 0) is 30.3 Å². The summed E-state index contributed by atoms with van der Waals surface area (Å²) < 4.78 is 37.8.